The number of nitro groups is 1. The summed E-state index contributed by atoms with van der Waals surface area (Å²) in [5.74, 6) is -0.994. The molecule has 11 heteroatoms. The van der Waals surface area contributed by atoms with E-state index in [1.54, 1.807) is 11.3 Å². The number of carbonyl (C=O) groups is 1. The predicted molar refractivity (Wildman–Crippen MR) is 111 cm³/mol. The van der Waals surface area contributed by atoms with E-state index in [1.165, 1.54) is 34.1 Å². The van der Waals surface area contributed by atoms with Gasteiger partial charge >= 0.3 is 5.69 Å². The first-order valence-corrected chi connectivity index (χ1v) is 10.0. The summed E-state index contributed by atoms with van der Waals surface area (Å²) in [6.07, 6.45) is 6.53. The number of aryl methyl sites for hydroxylation is 2. The minimum atomic E-state index is -0.718. The molecule has 0 saturated heterocycles. The van der Waals surface area contributed by atoms with Crippen molar-refractivity contribution in [2.75, 3.05) is 0 Å². The number of hydrogen-bond donors (Lipinski definition) is 2. The standard InChI is InChI=1S/C19H17N5O5S/c25-14-6-5-11(7-13(14)24(28)29)8-21-22-16(26)9-23-10-20-18-17(19(23)27)12-3-1-2-4-15(12)30-18/h5-8,10,25H,1-4,9H2,(H,22,26)/b21-8-. The van der Waals surface area contributed by atoms with E-state index >= 15 is 0 Å². The maximum absolute atomic E-state index is 12.8. The van der Waals surface area contributed by atoms with E-state index in [9.17, 15) is 24.8 Å². The van der Waals surface area contributed by atoms with E-state index in [-0.39, 0.29) is 12.1 Å². The molecule has 0 saturated carbocycles. The Morgan fingerprint density at radius 1 is 1.40 bits per heavy atom. The van der Waals surface area contributed by atoms with Crippen molar-refractivity contribution in [3.63, 3.8) is 0 Å². The number of benzene rings is 1. The molecule has 0 unspecified atom stereocenters. The number of nitrogens with one attached hydrogen (secondary N) is 1. The zero-order valence-electron chi connectivity index (χ0n) is 15.7. The molecule has 30 heavy (non-hydrogen) atoms. The van der Waals surface area contributed by atoms with Crippen molar-refractivity contribution >= 4 is 39.4 Å². The average Bonchev–Trinajstić information content (AvgIpc) is 3.10. The van der Waals surface area contributed by atoms with Crippen molar-refractivity contribution in [1.29, 1.82) is 0 Å². The molecule has 0 bridgehead atoms. The molecule has 2 heterocycles. The topological polar surface area (TPSA) is 140 Å². The maximum atomic E-state index is 12.8. The summed E-state index contributed by atoms with van der Waals surface area (Å²) in [6, 6.07) is 3.72. The predicted octanol–water partition coefficient (Wildman–Crippen LogP) is 2.10. The van der Waals surface area contributed by atoms with Crippen LogP contribution in [0.5, 0.6) is 5.75 Å². The van der Waals surface area contributed by atoms with E-state index in [0.29, 0.717) is 15.8 Å². The Kier molecular flexibility index (Phi) is 5.27. The molecule has 0 radical (unpaired) electrons. The van der Waals surface area contributed by atoms with Gasteiger partial charge in [-0.15, -0.1) is 11.3 Å². The molecular weight excluding hydrogens is 410 g/mol. The van der Waals surface area contributed by atoms with Crippen molar-refractivity contribution in [3.8, 4) is 5.75 Å². The van der Waals surface area contributed by atoms with Gasteiger partial charge < -0.3 is 5.11 Å². The highest BCUT2D eigenvalue weighted by Crippen LogP contribution is 2.33. The molecule has 3 aromatic rings. The lowest BCUT2D eigenvalue weighted by Crippen LogP contribution is -2.30. The third kappa shape index (κ3) is 3.79. The number of phenols is 1. The fourth-order valence-electron chi connectivity index (χ4n) is 3.43. The summed E-state index contributed by atoms with van der Waals surface area (Å²) in [5.41, 5.74) is 2.96. The number of nitrogens with zero attached hydrogens (tertiary/aromatic N) is 4. The highest BCUT2D eigenvalue weighted by atomic mass is 32.1. The van der Waals surface area contributed by atoms with Gasteiger partial charge in [0.2, 0.25) is 0 Å². The number of thiophene rings is 1. The Morgan fingerprint density at radius 2 is 2.20 bits per heavy atom. The van der Waals surface area contributed by atoms with Crippen molar-refractivity contribution in [2.24, 2.45) is 5.10 Å². The van der Waals surface area contributed by atoms with Crippen LogP contribution in [0, 0.1) is 10.1 Å². The van der Waals surface area contributed by atoms with Crippen molar-refractivity contribution in [3.05, 3.63) is 61.0 Å². The van der Waals surface area contributed by atoms with Gasteiger partial charge in [0.1, 0.15) is 11.4 Å². The number of rotatable bonds is 5. The minimum Gasteiger partial charge on any atom is -0.502 e. The number of fused-ring (bicyclic) bond motifs is 3. The van der Waals surface area contributed by atoms with Crippen LogP contribution in [0.1, 0.15) is 28.8 Å². The van der Waals surface area contributed by atoms with E-state index < -0.39 is 22.3 Å². The maximum Gasteiger partial charge on any atom is 0.311 e. The largest absolute Gasteiger partial charge is 0.502 e. The van der Waals surface area contributed by atoms with Crippen LogP contribution in [0.3, 0.4) is 0 Å². The number of aromatic hydroxyl groups is 1. The molecule has 2 N–H and O–H groups in total. The molecule has 1 aromatic carbocycles. The van der Waals surface area contributed by atoms with Gasteiger partial charge in [-0.2, -0.15) is 5.10 Å². The van der Waals surface area contributed by atoms with Gasteiger partial charge in [-0.3, -0.25) is 24.3 Å². The molecule has 4 rings (SSSR count). The average molecular weight is 427 g/mol. The van der Waals surface area contributed by atoms with Gasteiger partial charge in [-0.05, 0) is 43.4 Å². The molecule has 1 amide bonds. The van der Waals surface area contributed by atoms with Gasteiger partial charge in [-0.25, -0.2) is 10.4 Å². The quantitative estimate of drug-likeness (QED) is 0.363. The zero-order chi connectivity index (χ0) is 21.3. The Balaban J connectivity index is 1.48. The molecule has 0 spiro atoms. The number of nitro benzene ring substituents is 1. The number of amides is 1. The SMILES string of the molecule is O=C(Cn1cnc2sc3c(c2c1=O)CCCC3)N/N=C\c1ccc(O)c([N+](=O)[O-])c1. The lowest BCUT2D eigenvalue weighted by Gasteiger charge is -2.10. The molecule has 0 fully saturated rings. The first-order chi connectivity index (χ1) is 14.4. The van der Waals surface area contributed by atoms with Crippen LogP contribution >= 0.6 is 11.3 Å². The third-order valence-electron chi connectivity index (χ3n) is 4.85. The van der Waals surface area contributed by atoms with Gasteiger partial charge in [0, 0.05) is 16.5 Å². The molecule has 10 nitrogen and oxygen atoms in total. The number of hydrazone groups is 1. The Morgan fingerprint density at radius 3 is 3.00 bits per heavy atom. The summed E-state index contributed by atoms with van der Waals surface area (Å²) in [5, 5.41) is 24.7. The molecule has 0 atom stereocenters. The van der Waals surface area contributed by atoms with Crippen LogP contribution < -0.4 is 11.0 Å². The van der Waals surface area contributed by atoms with Gasteiger partial charge in [0.05, 0.1) is 22.9 Å². The Bertz CT molecular complexity index is 1250. The lowest BCUT2D eigenvalue weighted by atomic mass is 9.97. The van der Waals surface area contributed by atoms with Crippen molar-refractivity contribution in [1.82, 2.24) is 15.0 Å². The monoisotopic (exact) mass is 427 g/mol. The van der Waals surface area contributed by atoms with Crippen LogP contribution in [0.15, 0.2) is 34.4 Å². The second-order valence-electron chi connectivity index (χ2n) is 6.87. The van der Waals surface area contributed by atoms with E-state index in [2.05, 4.69) is 15.5 Å². The number of hydrogen-bond acceptors (Lipinski definition) is 8. The smallest absolute Gasteiger partial charge is 0.311 e. The number of carbonyl (C=O) groups excluding carboxylic acids is 1. The van der Waals surface area contributed by atoms with Crippen LogP contribution in [-0.2, 0) is 24.2 Å². The fourth-order valence-corrected chi connectivity index (χ4v) is 4.65. The van der Waals surface area contributed by atoms with Crippen LogP contribution in [-0.4, -0.2) is 31.7 Å². The summed E-state index contributed by atoms with van der Waals surface area (Å²) < 4.78 is 1.25. The first-order valence-electron chi connectivity index (χ1n) is 9.23. The summed E-state index contributed by atoms with van der Waals surface area (Å²) in [6.45, 7) is -0.251. The molecule has 154 valence electrons. The summed E-state index contributed by atoms with van der Waals surface area (Å²) in [7, 11) is 0. The van der Waals surface area contributed by atoms with Gasteiger partial charge in [0.15, 0.2) is 5.75 Å². The first kappa shape index (κ1) is 19.7. The summed E-state index contributed by atoms with van der Waals surface area (Å²) in [4.78, 5) is 41.4. The highest BCUT2D eigenvalue weighted by Gasteiger charge is 2.20. The minimum absolute atomic E-state index is 0.243. The highest BCUT2D eigenvalue weighted by molar-refractivity contribution is 7.18. The van der Waals surface area contributed by atoms with E-state index in [4.69, 9.17) is 0 Å². The van der Waals surface area contributed by atoms with E-state index in [1.807, 2.05) is 0 Å². The Hall–Kier alpha value is -3.60. The molecule has 1 aliphatic carbocycles. The molecule has 0 aliphatic heterocycles. The molecular formula is C19H17N5O5S. The van der Waals surface area contributed by atoms with Crippen LogP contribution in [0.2, 0.25) is 0 Å². The molecule has 1 aliphatic rings. The fraction of sp³-hybridized carbons (Fsp3) is 0.263. The second-order valence-corrected chi connectivity index (χ2v) is 7.95. The Labute approximate surface area is 173 Å². The zero-order valence-corrected chi connectivity index (χ0v) is 16.5. The van der Waals surface area contributed by atoms with Gasteiger partial charge in [0.25, 0.3) is 11.5 Å². The van der Waals surface area contributed by atoms with Crippen LogP contribution in [0.25, 0.3) is 10.2 Å². The summed E-state index contributed by atoms with van der Waals surface area (Å²) >= 11 is 1.54. The molecule has 2 aromatic heterocycles. The number of phenolic OH excluding ortho intramolecular Hbond substituents is 1. The lowest BCUT2D eigenvalue weighted by molar-refractivity contribution is -0.385. The van der Waals surface area contributed by atoms with Crippen molar-refractivity contribution < 1.29 is 14.8 Å². The van der Waals surface area contributed by atoms with E-state index in [0.717, 1.165) is 37.3 Å². The normalized spacial score (nSPS) is 13.5. The number of aromatic nitrogens is 2. The second kappa shape index (κ2) is 8.03. The van der Waals surface area contributed by atoms with Gasteiger partial charge in [-0.1, -0.05) is 0 Å². The third-order valence-corrected chi connectivity index (χ3v) is 6.05. The van der Waals surface area contributed by atoms with Crippen LogP contribution in [0.4, 0.5) is 5.69 Å². The van der Waals surface area contributed by atoms with Crippen molar-refractivity contribution in [2.45, 2.75) is 32.2 Å².